The van der Waals surface area contributed by atoms with Crippen molar-refractivity contribution in [3.63, 3.8) is 0 Å². The third kappa shape index (κ3) is 5.57. The largest absolute Gasteiger partial charge is 0.483 e. The van der Waals surface area contributed by atoms with Gasteiger partial charge in [-0.3, -0.25) is 15.5 Å². The first-order chi connectivity index (χ1) is 15.3. The standard InChI is InChI=1S/C21H28FN9O/c1-11-4-3-5-12(2)17(16(11)24)28-21-29-18(19(25)32)20(30-21)27-14-8-13(22)9-15(10-14)31-26-7-6-23/h6-12,16-17H,3-5,24H2,1-2H3,(H5,23,25,27,28,30,31,32)/p+1/t11?,12?,16?,17-/m1/s1. The van der Waals surface area contributed by atoms with E-state index in [1.54, 1.807) is 6.07 Å². The zero-order valence-corrected chi connectivity index (χ0v) is 18.1. The van der Waals surface area contributed by atoms with E-state index in [1.165, 1.54) is 18.3 Å². The molecule has 0 saturated heterocycles. The first-order valence-electron chi connectivity index (χ1n) is 10.5. The predicted octanol–water partition coefficient (Wildman–Crippen LogP) is 0.788. The Labute approximate surface area is 185 Å². The van der Waals surface area contributed by atoms with Gasteiger partial charge in [-0.25, -0.2) is 9.06 Å². The van der Waals surface area contributed by atoms with Gasteiger partial charge in [0.15, 0.2) is 0 Å². The van der Waals surface area contributed by atoms with Crippen LogP contribution in [-0.2, 0) is 4.79 Å². The van der Waals surface area contributed by atoms with E-state index in [0.29, 0.717) is 23.2 Å². The van der Waals surface area contributed by atoms with Gasteiger partial charge in [0.25, 0.3) is 5.84 Å². The summed E-state index contributed by atoms with van der Waals surface area (Å²) < 4.78 is 18.3. The second kappa shape index (κ2) is 10.2. The maximum Gasteiger partial charge on any atom is 0.483 e. The number of carbonyl (C=O) groups is 1. The zero-order valence-electron chi connectivity index (χ0n) is 18.1. The summed E-state index contributed by atoms with van der Waals surface area (Å²) in [6.07, 6.45) is 5.40. The number of nitrogens with zero attached hydrogens (tertiary/aromatic N) is 3. The lowest BCUT2D eigenvalue weighted by Gasteiger charge is -2.26. The Bertz CT molecular complexity index is 1010. The van der Waals surface area contributed by atoms with E-state index in [-0.39, 0.29) is 29.6 Å². The monoisotopic (exact) mass is 442 g/mol. The molecule has 8 N–H and O–H groups in total. The van der Waals surface area contributed by atoms with Crippen molar-refractivity contribution in [1.82, 2.24) is 9.98 Å². The van der Waals surface area contributed by atoms with E-state index in [2.05, 4.69) is 44.7 Å². The lowest BCUT2D eigenvalue weighted by Crippen LogP contribution is -2.52. The number of benzene rings is 1. The van der Waals surface area contributed by atoms with Crippen LogP contribution in [0.3, 0.4) is 0 Å². The topological polar surface area (TPSA) is 168 Å². The number of nitrogens with one attached hydrogen (secondary N) is 4. The number of halogens is 1. The van der Waals surface area contributed by atoms with Crippen molar-refractivity contribution >= 4 is 47.2 Å². The van der Waals surface area contributed by atoms with Gasteiger partial charge in [0.05, 0.1) is 17.9 Å². The molecule has 0 spiro atoms. The molecule has 0 aromatic heterocycles. The molecule has 0 bridgehead atoms. The van der Waals surface area contributed by atoms with E-state index in [1.807, 2.05) is 0 Å². The number of hydrazone groups is 1. The molecule has 3 rings (SSSR count). The number of rotatable bonds is 6. The maximum absolute atomic E-state index is 14.0. The Hall–Kier alpha value is -3.56. The molecular weight excluding hydrogens is 413 g/mol. The first-order valence-corrected chi connectivity index (χ1v) is 10.5. The second-order valence-electron chi connectivity index (χ2n) is 8.15. The Morgan fingerprint density at radius 2 is 2.00 bits per heavy atom. The highest BCUT2D eigenvalue weighted by atomic mass is 19.1. The number of guanidine groups is 1. The van der Waals surface area contributed by atoms with Gasteiger partial charge in [0, 0.05) is 17.9 Å². The van der Waals surface area contributed by atoms with Gasteiger partial charge >= 0.3 is 17.6 Å². The van der Waals surface area contributed by atoms with Crippen LogP contribution in [0.2, 0.25) is 0 Å². The summed E-state index contributed by atoms with van der Waals surface area (Å²) in [6, 6.07) is 3.91. The molecule has 1 amide bonds. The molecule has 1 aromatic rings. The summed E-state index contributed by atoms with van der Waals surface area (Å²) in [4.78, 5) is 16.4. The van der Waals surface area contributed by atoms with Gasteiger partial charge in [-0.05, 0) is 47.9 Å². The smallest absolute Gasteiger partial charge is 0.362 e. The number of primary amides is 1. The quantitative estimate of drug-likeness (QED) is 0.165. The summed E-state index contributed by atoms with van der Waals surface area (Å²) in [7, 11) is 0. The number of carbonyl (C=O) groups excluding carboxylic acids is 1. The van der Waals surface area contributed by atoms with Crippen molar-refractivity contribution in [2.75, 3.05) is 10.7 Å². The van der Waals surface area contributed by atoms with Crippen LogP contribution in [0.1, 0.15) is 33.1 Å². The summed E-state index contributed by atoms with van der Waals surface area (Å²) in [5.41, 5.74) is 15.2. The lowest BCUT2D eigenvalue weighted by atomic mass is 9.90. The van der Waals surface area contributed by atoms with Gasteiger partial charge in [0.1, 0.15) is 5.82 Å². The van der Waals surface area contributed by atoms with Gasteiger partial charge in [-0.2, -0.15) is 5.10 Å². The third-order valence-electron chi connectivity index (χ3n) is 5.70. The third-order valence-corrected chi connectivity index (χ3v) is 5.70. The number of aliphatic imine (C=N–C) groups is 1. The summed E-state index contributed by atoms with van der Waals surface area (Å²) >= 11 is 0. The molecular formula is C21H29FN9O+. The molecule has 2 aliphatic rings. The zero-order chi connectivity index (χ0) is 23.3. The van der Waals surface area contributed by atoms with Crippen LogP contribution in [0.15, 0.2) is 28.3 Å². The van der Waals surface area contributed by atoms with Crippen LogP contribution in [-0.4, -0.2) is 47.9 Å². The van der Waals surface area contributed by atoms with E-state index in [9.17, 15) is 9.18 Å². The molecule has 1 aromatic carbocycles. The number of anilines is 2. The fourth-order valence-corrected chi connectivity index (χ4v) is 3.93. The fraction of sp³-hybridized carbons (Fsp3) is 0.429. The Balaban J connectivity index is 1.82. The van der Waals surface area contributed by atoms with Crippen molar-refractivity contribution in [3.05, 3.63) is 24.0 Å². The normalized spacial score (nSPS) is 25.4. The Kier molecular flexibility index (Phi) is 7.34. The van der Waals surface area contributed by atoms with Crippen LogP contribution in [0.5, 0.6) is 0 Å². The lowest BCUT2D eigenvalue weighted by molar-refractivity contribution is -0.111. The number of hydrogen-bond donors (Lipinski definition) is 6. The molecule has 11 heteroatoms. The predicted molar refractivity (Wildman–Crippen MR) is 127 cm³/mol. The van der Waals surface area contributed by atoms with Crippen molar-refractivity contribution in [2.45, 2.75) is 45.2 Å². The molecule has 1 aliphatic carbocycles. The Morgan fingerprint density at radius 1 is 1.28 bits per heavy atom. The minimum absolute atomic E-state index is 0.0554. The van der Waals surface area contributed by atoms with Crippen LogP contribution in [0.25, 0.3) is 0 Å². The number of amidine groups is 1. The summed E-state index contributed by atoms with van der Waals surface area (Å²) in [5.74, 6) is -0.289. The average molecular weight is 443 g/mol. The molecule has 32 heavy (non-hydrogen) atoms. The van der Waals surface area contributed by atoms with Crippen LogP contribution >= 0.6 is 0 Å². The molecule has 170 valence electrons. The highest BCUT2D eigenvalue weighted by molar-refractivity contribution is 6.69. The molecule has 4 atom stereocenters. The molecule has 1 heterocycles. The minimum atomic E-state index is -0.759. The second-order valence-corrected chi connectivity index (χ2v) is 8.15. The highest BCUT2D eigenvalue weighted by Gasteiger charge is 2.38. The van der Waals surface area contributed by atoms with E-state index < -0.39 is 11.7 Å². The summed E-state index contributed by atoms with van der Waals surface area (Å²) in [5, 5.41) is 16.9. The molecule has 1 saturated carbocycles. The fourth-order valence-electron chi connectivity index (χ4n) is 3.93. The maximum atomic E-state index is 14.0. The van der Waals surface area contributed by atoms with E-state index in [4.69, 9.17) is 16.9 Å². The minimum Gasteiger partial charge on any atom is -0.362 e. The van der Waals surface area contributed by atoms with Crippen LogP contribution in [0, 0.1) is 23.1 Å². The molecule has 3 unspecified atom stereocenters. The number of nitrogens with two attached hydrogens (primary N) is 2. The Morgan fingerprint density at radius 3 is 2.72 bits per heavy atom. The molecule has 0 radical (unpaired) electrons. The highest BCUT2D eigenvalue weighted by Crippen LogP contribution is 2.26. The van der Waals surface area contributed by atoms with Crippen molar-refractivity contribution < 1.29 is 9.18 Å². The van der Waals surface area contributed by atoms with Gasteiger partial charge in [0.2, 0.25) is 0 Å². The summed E-state index contributed by atoms with van der Waals surface area (Å²) in [6.45, 7) is 4.27. The average Bonchev–Trinajstić information content (AvgIpc) is 3.08. The van der Waals surface area contributed by atoms with Gasteiger partial charge < -0.3 is 22.2 Å². The molecule has 10 nitrogen and oxygen atoms in total. The van der Waals surface area contributed by atoms with Crippen LogP contribution < -0.4 is 32.2 Å². The molecule has 1 aliphatic heterocycles. The first kappa shape index (κ1) is 23.1. The van der Waals surface area contributed by atoms with Gasteiger partial charge in [-0.1, -0.05) is 20.3 Å². The van der Waals surface area contributed by atoms with E-state index in [0.717, 1.165) is 25.5 Å². The number of hydrogen-bond acceptors (Lipinski definition) is 8. The van der Waals surface area contributed by atoms with Crippen molar-refractivity contribution in [3.8, 4) is 0 Å². The van der Waals surface area contributed by atoms with Crippen LogP contribution in [0.4, 0.5) is 15.8 Å². The van der Waals surface area contributed by atoms with E-state index >= 15 is 0 Å². The molecule has 1 fully saturated rings. The number of amides is 1. The van der Waals surface area contributed by atoms with Gasteiger partial charge in [-0.15, -0.1) is 0 Å². The van der Waals surface area contributed by atoms with Crippen molar-refractivity contribution in [2.24, 2.45) is 33.4 Å². The van der Waals surface area contributed by atoms with Crippen molar-refractivity contribution in [1.29, 1.82) is 5.41 Å². The SMILES string of the molecule is CC1CCCC(C)[C@@H](NC2=[N+]=C(C(N)=O)C(Nc3cc(F)cc(N/N=C\C=N)c3)=N2)C1N.